The summed E-state index contributed by atoms with van der Waals surface area (Å²) in [6, 6.07) is 14.6. The maximum Gasteiger partial charge on any atom is 0.320 e. The molecule has 3 saturated heterocycles. The summed E-state index contributed by atoms with van der Waals surface area (Å²) in [5.74, 6) is -0.151. The van der Waals surface area contributed by atoms with Crippen LogP contribution in [0, 0.1) is 0 Å². The van der Waals surface area contributed by atoms with Crippen LogP contribution in [-0.4, -0.2) is 89.6 Å². The van der Waals surface area contributed by atoms with Gasteiger partial charge < -0.3 is 35.4 Å². The Labute approximate surface area is 260 Å². The third kappa shape index (κ3) is 6.05. The number of aromatic nitrogens is 1. The van der Waals surface area contributed by atoms with Crippen LogP contribution in [0.1, 0.15) is 56.7 Å². The summed E-state index contributed by atoms with van der Waals surface area (Å²) in [4.78, 5) is 38.6. The highest BCUT2D eigenvalue weighted by atomic mass is 16.5. The maximum atomic E-state index is 14.0. The largest absolute Gasteiger partial charge is 0.363 e. The molecule has 4 aliphatic rings. The molecule has 6 rings (SSSR count). The number of urea groups is 1. The van der Waals surface area contributed by atoms with Crippen molar-refractivity contribution >= 4 is 11.9 Å². The fourth-order valence-electron chi connectivity index (χ4n) is 7.06. The molecule has 0 spiro atoms. The summed E-state index contributed by atoms with van der Waals surface area (Å²) >= 11 is 0. The van der Waals surface area contributed by atoms with E-state index < -0.39 is 5.72 Å². The summed E-state index contributed by atoms with van der Waals surface area (Å²) < 4.78 is 6.31. The van der Waals surface area contributed by atoms with E-state index in [1.54, 1.807) is 12.4 Å². The average molecular weight is 600 g/mol. The molecule has 3 fully saturated rings. The lowest BCUT2D eigenvalue weighted by molar-refractivity contribution is -0.120. The molecule has 44 heavy (non-hydrogen) atoms. The Hall–Kier alpha value is -3.89. The summed E-state index contributed by atoms with van der Waals surface area (Å²) in [6.07, 6.45) is 11.3. The first-order chi connectivity index (χ1) is 21.5. The summed E-state index contributed by atoms with van der Waals surface area (Å²) in [7, 11) is 0. The highest BCUT2D eigenvalue weighted by Gasteiger charge is 2.41. The lowest BCUT2D eigenvalue weighted by Crippen LogP contribution is -2.58. The lowest BCUT2D eigenvalue weighted by Gasteiger charge is -2.46. The van der Waals surface area contributed by atoms with Gasteiger partial charge in [-0.15, -0.1) is 0 Å². The van der Waals surface area contributed by atoms with Crippen LogP contribution in [0.4, 0.5) is 4.79 Å². The van der Waals surface area contributed by atoms with Crippen LogP contribution in [0.3, 0.4) is 0 Å². The Bertz CT molecular complexity index is 1360. The molecule has 2 aromatic rings. The Morgan fingerprint density at radius 1 is 1.09 bits per heavy atom. The fourth-order valence-corrected chi connectivity index (χ4v) is 7.06. The van der Waals surface area contributed by atoms with Gasteiger partial charge in [0, 0.05) is 69.4 Å². The number of dihydropyridines is 1. The minimum atomic E-state index is -1.02. The topological polar surface area (TPSA) is 102 Å². The summed E-state index contributed by atoms with van der Waals surface area (Å²) in [6.45, 7) is 8.79. The predicted molar refractivity (Wildman–Crippen MR) is 169 cm³/mol. The molecule has 3 N–H and O–H groups in total. The monoisotopic (exact) mass is 599 g/mol. The molecule has 4 aliphatic heterocycles. The molecule has 0 aliphatic carbocycles. The van der Waals surface area contributed by atoms with E-state index in [0.29, 0.717) is 31.9 Å². The Balaban J connectivity index is 1.26. The molecular formula is C34H45N7O3. The zero-order chi connectivity index (χ0) is 30.5. The number of hydrogen-bond donors (Lipinski definition) is 3. The number of piperazine rings is 1. The fraction of sp³-hybridized carbons (Fsp3) is 0.500. The zero-order valence-electron chi connectivity index (χ0n) is 25.9. The van der Waals surface area contributed by atoms with Crippen molar-refractivity contribution in [2.75, 3.05) is 45.9 Å². The standard InChI is InChI=1S/C34H45N7O3/c1-3-28-24-39(33(43)41-19-9-13-29(41)25-10-6-5-7-11-25)20-21-40(28)30-14-16-34(44-4-2,26-12-8-17-35-22-26)38-31(30)32(42)37-27-15-18-36-23-27/h5-8,10-12,14,16-17,22,27-29,36,38H,3-4,9,13,15,18-21,23-24H2,1-2H3,(H,37,42)/t27-,28-,29+,34?/m1/s1. The van der Waals surface area contributed by atoms with Crippen molar-refractivity contribution in [3.05, 3.63) is 89.5 Å². The van der Waals surface area contributed by atoms with Crippen LogP contribution >= 0.6 is 0 Å². The Morgan fingerprint density at radius 3 is 2.68 bits per heavy atom. The van der Waals surface area contributed by atoms with Crippen molar-refractivity contribution in [3.63, 3.8) is 0 Å². The van der Waals surface area contributed by atoms with Crippen molar-refractivity contribution in [1.29, 1.82) is 0 Å². The highest BCUT2D eigenvalue weighted by molar-refractivity contribution is 5.95. The van der Waals surface area contributed by atoms with Gasteiger partial charge in [-0.3, -0.25) is 9.78 Å². The summed E-state index contributed by atoms with van der Waals surface area (Å²) in [5.41, 5.74) is 2.32. The molecule has 10 nitrogen and oxygen atoms in total. The van der Waals surface area contributed by atoms with E-state index in [4.69, 9.17) is 4.74 Å². The van der Waals surface area contributed by atoms with Gasteiger partial charge in [0.2, 0.25) is 0 Å². The maximum absolute atomic E-state index is 14.0. The van der Waals surface area contributed by atoms with Gasteiger partial charge in [-0.1, -0.05) is 43.3 Å². The molecule has 0 saturated carbocycles. The van der Waals surface area contributed by atoms with Crippen molar-refractivity contribution < 1.29 is 14.3 Å². The number of hydrogen-bond acceptors (Lipinski definition) is 7. The van der Waals surface area contributed by atoms with Gasteiger partial charge in [0.15, 0.2) is 5.72 Å². The van der Waals surface area contributed by atoms with Gasteiger partial charge in [0.1, 0.15) is 5.70 Å². The predicted octanol–water partition coefficient (Wildman–Crippen LogP) is 3.47. The quantitative estimate of drug-likeness (QED) is 0.427. The molecule has 0 bridgehead atoms. The Kier molecular flexibility index (Phi) is 9.18. The number of benzene rings is 1. The van der Waals surface area contributed by atoms with Crippen LogP contribution in [-0.2, 0) is 15.3 Å². The third-order valence-electron chi connectivity index (χ3n) is 9.34. The van der Waals surface area contributed by atoms with Gasteiger partial charge >= 0.3 is 6.03 Å². The molecule has 234 valence electrons. The van der Waals surface area contributed by atoms with Crippen LogP contribution in [0.15, 0.2) is 78.4 Å². The first-order valence-corrected chi connectivity index (χ1v) is 16.2. The van der Waals surface area contributed by atoms with Gasteiger partial charge in [0.05, 0.1) is 11.7 Å². The van der Waals surface area contributed by atoms with E-state index in [-0.39, 0.29) is 30.1 Å². The van der Waals surface area contributed by atoms with Crippen molar-refractivity contribution in [2.45, 2.75) is 63.4 Å². The molecule has 3 amide bonds. The number of pyridine rings is 1. The second-order valence-corrected chi connectivity index (χ2v) is 12.0. The average Bonchev–Trinajstić information content (AvgIpc) is 3.78. The number of ether oxygens (including phenoxy) is 1. The van der Waals surface area contributed by atoms with E-state index in [1.165, 1.54) is 5.56 Å². The van der Waals surface area contributed by atoms with E-state index in [9.17, 15) is 9.59 Å². The van der Waals surface area contributed by atoms with E-state index >= 15 is 0 Å². The van der Waals surface area contributed by atoms with Crippen LogP contribution in [0.5, 0.6) is 0 Å². The molecule has 1 unspecified atom stereocenters. The molecule has 5 heterocycles. The number of likely N-dealkylation sites (tertiary alicyclic amines) is 1. The SMILES string of the molecule is CCOC1(c2cccnc2)C=CC(N2CCN(C(=O)N3CCC[C@H]3c3ccccc3)C[C@H]2CC)=C(C(=O)N[C@@H]2CCNC2)N1. The molecule has 10 heteroatoms. The molecular weight excluding hydrogens is 554 g/mol. The molecule has 0 radical (unpaired) electrons. The first kappa shape index (κ1) is 30.1. The smallest absolute Gasteiger partial charge is 0.320 e. The number of carbonyl (C=O) groups excluding carboxylic acids is 2. The number of nitrogens with one attached hydrogen (secondary N) is 3. The van der Waals surface area contributed by atoms with Crippen LogP contribution < -0.4 is 16.0 Å². The van der Waals surface area contributed by atoms with Crippen molar-refractivity contribution in [1.82, 2.24) is 35.6 Å². The second-order valence-electron chi connectivity index (χ2n) is 12.0. The number of amides is 3. The van der Waals surface area contributed by atoms with E-state index in [2.05, 4.69) is 49.8 Å². The number of nitrogens with zero attached hydrogens (tertiary/aromatic N) is 4. The molecule has 4 atom stereocenters. The van der Waals surface area contributed by atoms with E-state index in [1.807, 2.05) is 54.3 Å². The van der Waals surface area contributed by atoms with Gasteiger partial charge in [-0.05, 0) is 62.9 Å². The first-order valence-electron chi connectivity index (χ1n) is 16.2. The summed E-state index contributed by atoms with van der Waals surface area (Å²) in [5, 5.41) is 10.1. The highest BCUT2D eigenvalue weighted by Crippen LogP contribution is 2.35. The van der Waals surface area contributed by atoms with Gasteiger partial charge in [-0.25, -0.2) is 4.79 Å². The van der Waals surface area contributed by atoms with Crippen LogP contribution in [0.25, 0.3) is 0 Å². The third-order valence-corrected chi connectivity index (χ3v) is 9.34. The number of rotatable bonds is 8. The zero-order valence-corrected chi connectivity index (χ0v) is 25.9. The number of carbonyl (C=O) groups is 2. The van der Waals surface area contributed by atoms with Gasteiger partial charge in [-0.2, -0.15) is 0 Å². The Morgan fingerprint density at radius 2 is 1.95 bits per heavy atom. The van der Waals surface area contributed by atoms with Crippen molar-refractivity contribution in [3.8, 4) is 0 Å². The molecule has 1 aromatic carbocycles. The lowest BCUT2D eigenvalue weighted by atomic mass is 9.97. The van der Waals surface area contributed by atoms with Crippen LogP contribution in [0.2, 0.25) is 0 Å². The minimum absolute atomic E-state index is 0.0564. The van der Waals surface area contributed by atoms with E-state index in [0.717, 1.165) is 56.6 Å². The normalized spacial score (nSPS) is 27.0. The minimum Gasteiger partial charge on any atom is -0.363 e. The molecule has 1 aromatic heterocycles. The second kappa shape index (κ2) is 13.4. The number of allylic oxidation sites excluding steroid dienone is 1. The van der Waals surface area contributed by atoms with Crippen molar-refractivity contribution in [2.24, 2.45) is 0 Å². The van der Waals surface area contributed by atoms with Gasteiger partial charge in [0.25, 0.3) is 5.91 Å².